The molecule has 688 valence electrons. The second-order valence-electron chi connectivity index (χ2n) is 43.2. The van der Waals surface area contributed by atoms with Crippen molar-refractivity contribution in [3.8, 4) is 77.9 Å². The largest absolute Gasteiger partial charge is 0.456 e. The normalized spacial score (nSPS) is 13.5. The quantitative estimate of drug-likeness (QED) is 0.0901. The van der Waals surface area contributed by atoms with E-state index in [4.69, 9.17) is 8.83 Å². The molecule has 0 N–H and O–H groups in total. The molecule has 0 saturated heterocycles. The van der Waals surface area contributed by atoms with Crippen LogP contribution in [0.5, 0.6) is 0 Å². The molecular formula is C132H115N3O2SSi3. The minimum absolute atomic E-state index is 0.0624. The molecular weight excluding hydrogens is 1780 g/mol. The molecule has 3 aliphatic carbocycles. The van der Waals surface area contributed by atoms with Gasteiger partial charge in [0.1, 0.15) is 22.3 Å². The second-order valence-corrected chi connectivity index (χ2v) is 59.6. The molecule has 3 aromatic heterocycles. The van der Waals surface area contributed by atoms with Crippen molar-refractivity contribution in [2.75, 3.05) is 14.7 Å². The summed E-state index contributed by atoms with van der Waals surface area (Å²) in [6, 6.07) is 157. The van der Waals surface area contributed by atoms with E-state index in [1.54, 1.807) is 0 Å². The van der Waals surface area contributed by atoms with E-state index in [9.17, 15) is 0 Å². The van der Waals surface area contributed by atoms with Gasteiger partial charge in [-0.2, -0.15) is 0 Å². The van der Waals surface area contributed by atoms with Gasteiger partial charge in [0, 0.05) is 109 Å². The molecule has 0 radical (unpaired) electrons. The molecule has 0 amide bonds. The van der Waals surface area contributed by atoms with E-state index in [1.807, 2.05) is 35.6 Å². The van der Waals surface area contributed by atoms with Gasteiger partial charge in [-0.25, -0.2) is 0 Å². The highest BCUT2D eigenvalue weighted by atomic mass is 32.1. The van der Waals surface area contributed by atoms with E-state index in [0.717, 1.165) is 83.7 Å². The Morgan fingerprint density at radius 2 is 0.426 bits per heavy atom. The Bertz CT molecular complexity index is 8280. The van der Waals surface area contributed by atoms with Crippen LogP contribution in [0.1, 0.15) is 74.9 Å². The fraction of sp³-hybridized carbons (Fsp3) is 0.136. The first kappa shape index (κ1) is 89.9. The summed E-state index contributed by atoms with van der Waals surface area (Å²) in [5, 5.41) is 11.6. The maximum absolute atomic E-state index is 6.20. The fourth-order valence-electron chi connectivity index (χ4n) is 22.1. The van der Waals surface area contributed by atoms with E-state index >= 15 is 0 Å². The number of thiophene rings is 1. The van der Waals surface area contributed by atoms with Crippen molar-refractivity contribution in [1.29, 1.82) is 0 Å². The monoisotopic (exact) mass is 1890 g/mol. The second kappa shape index (κ2) is 34.8. The fourth-order valence-corrected chi connectivity index (χ4v) is 26.7. The number of benzene rings is 19. The molecule has 5 nitrogen and oxygen atoms in total. The molecule has 25 rings (SSSR count). The summed E-state index contributed by atoms with van der Waals surface area (Å²) in [7, 11) is -4.02. The van der Waals surface area contributed by atoms with Crippen LogP contribution in [0.15, 0.2) is 433 Å². The Labute approximate surface area is 836 Å². The van der Waals surface area contributed by atoms with Crippen molar-refractivity contribution >= 4 is 166 Å². The Morgan fingerprint density at radius 1 is 0.184 bits per heavy atom. The van der Waals surface area contributed by atoms with Gasteiger partial charge in [-0.15, -0.1) is 11.3 Å². The third-order valence-corrected chi connectivity index (χ3v) is 37.5. The molecule has 0 unspecified atom stereocenters. The van der Waals surface area contributed by atoms with Crippen LogP contribution in [0.2, 0.25) is 58.9 Å². The number of rotatable bonds is 16. The number of hydrogen-bond donors (Lipinski definition) is 0. The molecule has 3 aliphatic rings. The summed E-state index contributed by atoms with van der Waals surface area (Å²) in [5.74, 6) is 0. The topological polar surface area (TPSA) is 36.0 Å². The van der Waals surface area contributed by atoms with Crippen molar-refractivity contribution in [2.45, 2.75) is 117 Å². The SMILES string of the molecule is CC1(C)c2ccccc2-c2ccc(N(c3ccc(-c4ccc([Si](C)(C)C)cc4)cc3)c3ccc(-c4ccc5oc6ccccc6c5c4)cc3)cc21.CC1(C)c2ccccc2-c2ccc(N(c3ccc(-c4ccc([Si](C)(C)C)cc4)cc3)c3ccc4oc5ccccc5c4c3)cc21.CC1(C)c2ccccc2-c2ccc(N(c3ccc(-c4ccc([Si](C)(C)C)cc4)cc3)c3ccc4sc5ccccc5c4c3)cc21. The average molecular weight is 1890 g/mol. The minimum atomic E-state index is -1.35. The molecule has 0 saturated carbocycles. The summed E-state index contributed by atoms with van der Waals surface area (Å²) < 4.78 is 15.0. The van der Waals surface area contributed by atoms with Crippen molar-refractivity contribution in [3.63, 3.8) is 0 Å². The number of nitrogens with zero attached hydrogens (tertiary/aromatic N) is 3. The highest BCUT2D eigenvalue weighted by Crippen LogP contribution is 2.56. The highest BCUT2D eigenvalue weighted by Gasteiger charge is 2.40. The predicted octanol–water partition coefficient (Wildman–Crippen LogP) is 36.9. The van der Waals surface area contributed by atoms with E-state index in [0.29, 0.717) is 0 Å². The lowest BCUT2D eigenvalue weighted by atomic mass is 9.82. The first-order valence-electron chi connectivity index (χ1n) is 49.6. The lowest BCUT2D eigenvalue weighted by Crippen LogP contribution is -2.37. The molecule has 9 heteroatoms. The first-order chi connectivity index (χ1) is 68.0. The van der Waals surface area contributed by atoms with Crippen molar-refractivity contribution in [3.05, 3.63) is 458 Å². The van der Waals surface area contributed by atoms with Crippen LogP contribution in [-0.4, -0.2) is 24.2 Å². The third-order valence-electron chi connectivity index (χ3n) is 30.2. The van der Waals surface area contributed by atoms with Crippen LogP contribution >= 0.6 is 11.3 Å². The molecule has 0 spiro atoms. The van der Waals surface area contributed by atoms with Gasteiger partial charge in [0.25, 0.3) is 0 Å². The lowest BCUT2D eigenvalue weighted by molar-refractivity contribution is 0.660. The number of fused-ring (bicyclic) bond motifs is 18. The summed E-state index contributed by atoms with van der Waals surface area (Å²) >= 11 is 1.87. The molecule has 0 aliphatic heterocycles. The Morgan fingerprint density at radius 3 is 0.794 bits per heavy atom. The van der Waals surface area contributed by atoms with Gasteiger partial charge in [0.05, 0.1) is 24.2 Å². The lowest BCUT2D eigenvalue weighted by Gasteiger charge is -2.28. The summed E-state index contributed by atoms with van der Waals surface area (Å²) in [6.07, 6.45) is 0. The molecule has 0 bridgehead atoms. The van der Waals surface area contributed by atoms with Gasteiger partial charge in [-0.1, -0.05) is 389 Å². The zero-order chi connectivity index (χ0) is 96.8. The maximum atomic E-state index is 6.20. The van der Waals surface area contributed by atoms with Crippen LogP contribution < -0.4 is 30.3 Å². The molecule has 3 heterocycles. The molecule has 0 fully saturated rings. The number of anilines is 9. The van der Waals surface area contributed by atoms with Crippen LogP contribution in [0.3, 0.4) is 0 Å². The van der Waals surface area contributed by atoms with Gasteiger partial charge in [-0.05, 0) is 263 Å². The van der Waals surface area contributed by atoms with Gasteiger partial charge in [-0.3, -0.25) is 0 Å². The number of furan rings is 2. The average Bonchev–Trinajstić information content (AvgIpc) is 1.58. The van der Waals surface area contributed by atoms with Gasteiger partial charge >= 0.3 is 0 Å². The Hall–Kier alpha value is -14.9. The summed E-state index contributed by atoms with van der Waals surface area (Å²) in [5.41, 5.74) is 39.8. The number of hydrogen-bond acceptors (Lipinski definition) is 6. The van der Waals surface area contributed by atoms with Crippen molar-refractivity contribution < 1.29 is 8.83 Å². The molecule has 22 aromatic rings. The van der Waals surface area contributed by atoms with Crippen molar-refractivity contribution in [2.24, 2.45) is 0 Å². The van der Waals surface area contributed by atoms with Gasteiger partial charge in [0.2, 0.25) is 0 Å². The maximum Gasteiger partial charge on any atom is 0.135 e. The minimum Gasteiger partial charge on any atom is -0.456 e. The molecule has 0 atom stereocenters. The van der Waals surface area contributed by atoms with E-state index < -0.39 is 24.2 Å². The summed E-state index contributed by atoms with van der Waals surface area (Å²) in [4.78, 5) is 7.22. The van der Waals surface area contributed by atoms with Crippen molar-refractivity contribution in [1.82, 2.24) is 0 Å². The predicted molar refractivity (Wildman–Crippen MR) is 614 cm³/mol. The molecule has 141 heavy (non-hydrogen) atoms. The third kappa shape index (κ3) is 16.3. The summed E-state index contributed by atoms with van der Waals surface area (Å²) in [6.45, 7) is 35.7. The zero-order valence-electron chi connectivity index (χ0n) is 83.0. The van der Waals surface area contributed by atoms with Crippen LogP contribution in [0.25, 0.3) is 142 Å². The zero-order valence-corrected chi connectivity index (χ0v) is 86.8. The van der Waals surface area contributed by atoms with Gasteiger partial charge in [0.15, 0.2) is 0 Å². The number of para-hydroxylation sites is 2. The van der Waals surface area contributed by atoms with E-state index in [1.165, 1.54) is 158 Å². The molecule has 19 aromatic carbocycles. The van der Waals surface area contributed by atoms with E-state index in [2.05, 4.69) is 516 Å². The van der Waals surface area contributed by atoms with Crippen LogP contribution in [0.4, 0.5) is 51.2 Å². The first-order valence-corrected chi connectivity index (χ1v) is 60.9. The smallest absolute Gasteiger partial charge is 0.135 e. The highest BCUT2D eigenvalue weighted by molar-refractivity contribution is 7.25. The van der Waals surface area contributed by atoms with Crippen LogP contribution in [-0.2, 0) is 16.2 Å². The van der Waals surface area contributed by atoms with E-state index in [-0.39, 0.29) is 16.2 Å². The Balaban J connectivity index is 0.000000118. The van der Waals surface area contributed by atoms with Crippen LogP contribution in [0, 0.1) is 0 Å². The Kier molecular flexibility index (Phi) is 22.2. The van der Waals surface area contributed by atoms with Gasteiger partial charge < -0.3 is 23.5 Å². The standard InChI is InChI=1S/C48H41NOSi.C42H37NOSi.C42H37NSSi/c1-48(2)44-12-8-6-10-40(44)41-28-25-38(31-45(41)48)49(36-21-14-32(15-22-36)33-18-26-39(27-19-33)51(3,4)5)37-23-16-34(17-24-37)35-20-29-47-43(30-35)42-11-7-9-13-46(42)50-47;2*1-42(2)38-12-8-6-10-34(38)35-24-20-32(27-39(35)42)43(31-21-25-41-37(26-31)36-11-7-9-13-40(36)44-41)30-18-14-28(15-19-30)29-16-22-33(23-17-29)45(3,4)5/h6-31H,1-5H3;2*6-27H,1-5H3.